The average molecular weight is 311 g/mol. The lowest BCUT2D eigenvalue weighted by molar-refractivity contribution is -0.141. The van der Waals surface area contributed by atoms with E-state index in [1.165, 1.54) is 0 Å². The van der Waals surface area contributed by atoms with Gasteiger partial charge in [0.25, 0.3) is 0 Å². The van der Waals surface area contributed by atoms with Crippen LogP contribution in [0.15, 0.2) is 29.2 Å². The Morgan fingerprint density at radius 1 is 1.33 bits per heavy atom. The number of carboxylic acid groups (broad SMARTS) is 1. The normalized spacial score (nSPS) is 22.1. The third kappa shape index (κ3) is 3.75. The predicted molar refractivity (Wildman–Crippen MR) is 81.2 cm³/mol. The zero-order valence-electron chi connectivity index (χ0n) is 12.1. The minimum atomic E-state index is -3.29. The van der Waals surface area contributed by atoms with E-state index in [1.54, 1.807) is 24.3 Å². The molecule has 1 aliphatic carbocycles. The molecule has 0 bridgehead atoms. The number of carbonyl (C=O) groups is 1. The Morgan fingerprint density at radius 3 is 2.67 bits per heavy atom. The van der Waals surface area contributed by atoms with E-state index in [4.69, 9.17) is 5.11 Å². The van der Waals surface area contributed by atoms with Gasteiger partial charge in [-0.3, -0.25) is 4.79 Å². The molecular formula is C15H21NO4S. The predicted octanol–water partition coefficient (Wildman–Crippen LogP) is 2.54. The van der Waals surface area contributed by atoms with E-state index in [9.17, 15) is 13.2 Å². The van der Waals surface area contributed by atoms with Crippen LogP contribution in [-0.2, 0) is 14.6 Å². The standard InChI is InChI=1S/C15H21NO4S/c1-2-9-21(19,20)14-6-4-3-5-13(14)16-12-8-7-11(10-12)15(17)18/h3-6,11-12,16H,2,7-10H2,1H3,(H,17,18). The molecule has 1 fully saturated rings. The largest absolute Gasteiger partial charge is 0.481 e. The quantitative estimate of drug-likeness (QED) is 0.843. The summed E-state index contributed by atoms with van der Waals surface area (Å²) in [5.41, 5.74) is 0.585. The van der Waals surface area contributed by atoms with Gasteiger partial charge in [-0.05, 0) is 37.8 Å². The maximum absolute atomic E-state index is 12.3. The van der Waals surface area contributed by atoms with Crippen LogP contribution in [0, 0.1) is 5.92 Å². The van der Waals surface area contributed by atoms with E-state index < -0.39 is 15.8 Å². The first-order valence-corrected chi connectivity index (χ1v) is 8.90. The van der Waals surface area contributed by atoms with Gasteiger partial charge in [0.15, 0.2) is 9.84 Å². The van der Waals surface area contributed by atoms with Crippen LogP contribution in [0.5, 0.6) is 0 Å². The molecule has 0 radical (unpaired) electrons. The Morgan fingerprint density at radius 2 is 2.05 bits per heavy atom. The van der Waals surface area contributed by atoms with Crippen molar-refractivity contribution in [2.45, 2.75) is 43.5 Å². The van der Waals surface area contributed by atoms with E-state index in [2.05, 4.69) is 5.32 Å². The van der Waals surface area contributed by atoms with E-state index in [0.29, 0.717) is 29.8 Å². The second kappa shape index (κ2) is 6.47. The van der Waals surface area contributed by atoms with Gasteiger partial charge >= 0.3 is 5.97 Å². The Bertz CT molecular complexity index is 612. The molecule has 0 saturated heterocycles. The van der Waals surface area contributed by atoms with Gasteiger partial charge in [-0.15, -0.1) is 0 Å². The summed E-state index contributed by atoms with van der Waals surface area (Å²) < 4.78 is 24.5. The number of para-hydroxylation sites is 1. The van der Waals surface area contributed by atoms with Gasteiger partial charge < -0.3 is 10.4 Å². The molecule has 1 aromatic carbocycles. The van der Waals surface area contributed by atoms with Crippen molar-refractivity contribution in [2.75, 3.05) is 11.1 Å². The topological polar surface area (TPSA) is 83.5 Å². The van der Waals surface area contributed by atoms with Crippen molar-refractivity contribution in [3.63, 3.8) is 0 Å². The third-order valence-corrected chi connectivity index (χ3v) is 5.81. The number of anilines is 1. The highest BCUT2D eigenvalue weighted by molar-refractivity contribution is 7.91. The summed E-state index contributed by atoms with van der Waals surface area (Å²) in [5.74, 6) is -0.984. The highest BCUT2D eigenvalue weighted by Gasteiger charge is 2.30. The van der Waals surface area contributed by atoms with Crippen molar-refractivity contribution < 1.29 is 18.3 Å². The molecule has 0 amide bonds. The fraction of sp³-hybridized carbons (Fsp3) is 0.533. The van der Waals surface area contributed by atoms with Crippen LogP contribution in [0.4, 0.5) is 5.69 Å². The van der Waals surface area contributed by atoms with Gasteiger partial charge in [-0.2, -0.15) is 0 Å². The maximum atomic E-state index is 12.3. The summed E-state index contributed by atoms with van der Waals surface area (Å²) in [5, 5.41) is 12.2. The zero-order valence-corrected chi connectivity index (χ0v) is 12.9. The zero-order chi connectivity index (χ0) is 15.5. The van der Waals surface area contributed by atoms with Gasteiger partial charge in [0, 0.05) is 6.04 Å². The first kappa shape index (κ1) is 15.8. The second-order valence-electron chi connectivity index (χ2n) is 5.50. The molecule has 5 nitrogen and oxygen atoms in total. The van der Waals surface area contributed by atoms with Crippen LogP contribution in [0.1, 0.15) is 32.6 Å². The molecule has 1 saturated carbocycles. The second-order valence-corrected chi connectivity index (χ2v) is 7.58. The van der Waals surface area contributed by atoms with E-state index in [-0.39, 0.29) is 17.7 Å². The summed E-state index contributed by atoms with van der Waals surface area (Å²) >= 11 is 0. The highest BCUT2D eigenvalue weighted by atomic mass is 32.2. The minimum Gasteiger partial charge on any atom is -0.481 e. The third-order valence-electron chi connectivity index (χ3n) is 3.84. The summed E-state index contributed by atoms with van der Waals surface area (Å²) in [6.45, 7) is 1.84. The monoisotopic (exact) mass is 311 g/mol. The van der Waals surface area contributed by atoms with Crippen molar-refractivity contribution in [3.05, 3.63) is 24.3 Å². The number of sulfone groups is 1. The van der Waals surface area contributed by atoms with E-state index in [1.807, 2.05) is 6.92 Å². The van der Waals surface area contributed by atoms with Crippen molar-refractivity contribution >= 4 is 21.5 Å². The van der Waals surface area contributed by atoms with Gasteiger partial charge in [0.05, 0.1) is 22.3 Å². The van der Waals surface area contributed by atoms with Crippen molar-refractivity contribution in [1.82, 2.24) is 0 Å². The molecular weight excluding hydrogens is 290 g/mol. The van der Waals surface area contributed by atoms with Crippen molar-refractivity contribution in [3.8, 4) is 0 Å². The lowest BCUT2D eigenvalue weighted by Gasteiger charge is -2.17. The molecule has 1 aliphatic rings. The number of aliphatic carboxylic acids is 1. The number of benzene rings is 1. The van der Waals surface area contributed by atoms with Gasteiger partial charge in [-0.25, -0.2) is 8.42 Å². The average Bonchev–Trinajstić information content (AvgIpc) is 2.88. The number of nitrogens with one attached hydrogen (secondary N) is 1. The molecule has 6 heteroatoms. The first-order chi connectivity index (χ1) is 9.94. The number of hydrogen-bond acceptors (Lipinski definition) is 4. The van der Waals surface area contributed by atoms with E-state index in [0.717, 1.165) is 6.42 Å². The Labute approximate surface area is 125 Å². The lowest BCUT2D eigenvalue weighted by atomic mass is 10.1. The molecule has 2 N–H and O–H groups in total. The van der Waals surface area contributed by atoms with Crippen molar-refractivity contribution in [1.29, 1.82) is 0 Å². The molecule has 2 rings (SSSR count). The summed E-state index contributed by atoms with van der Waals surface area (Å²) in [7, 11) is -3.29. The summed E-state index contributed by atoms with van der Waals surface area (Å²) in [6.07, 6.45) is 2.49. The number of hydrogen-bond donors (Lipinski definition) is 2. The van der Waals surface area contributed by atoms with Crippen LogP contribution in [-0.4, -0.2) is 31.3 Å². The highest BCUT2D eigenvalue weighted by Crippen LogP contribution is 2.31. The smallest absolute Gasteiger partial charge is 0.306 e. The van der Waals surface area contributed by atoms with Crippen LogP contribution in [0.3, 0.4) is 0 Å². The minimum absolute atomic E-state index is 0.0177. The van der Waals surface area contributed by atoms with Gasteiger partial charge in [0.1, 0.15) is 0 Å². The summed E-state index contributed by atoms with van der Waals surface area (Å²) in [4.78, 5) is 11.3. The van der Waals surface area contributed by atoms with Crippen LogP contribution < -0.4 is 5.32 Å². The fourth-order valence-corrected chi connectivity index (χ4v) is 4.30. The Hall–Kier alpha value is -1.56. The molecule has 1 aromatic rings. The Balaban J connectivity index is 2.17. The van der Waals surface area contributed by atoms with Crippen LogP contribution in [0.25, 0.3) is 0 Å². The van der Waals surface area contributed by atoms with Gasteiger partial charge in [0.2, 0.25) is 0 Å². The van der Waals surface area contributed by atoms with Crippen molar-refractivity contribution in [2.24, 2.45) is 5.92 Å². The fourth-order valence-electron chi connectivity index (χ4n) is 2.79. The Kier molecular flexibility index (Phi) is 4.88. The number of carboxylic acids is 1. The SMILES string of the molecule is CCCS(=O)(=O)c1ccccc1NC1CCC(C(=O)O)C1. The van der Waals surface area contributed by atoms with E-state index >= 15 is 0 Å². The molecule has 0 heterocycles. The van der Waals surface area contributed by atoms with Crippen LogP contribution in [0.2, 0.25) is 0 Å². The maximum Gasteiger partial charge on any atom is 0.306 e. The van der Waals surface area contributed by atoms with Gasteiger partial charge in [-0.1, -0.05) is 19.1 Å². The molecule has 0 aromatic heterocycles. The molecule has 0 spiro atoms. The number of rotatable bonds is 6. The lowest BCUT2D eigenvalue weighted by Crippen LogP contribution is -2.20. The molecule has 2 unspecified atom stereocenters. The molecule has 21 heavy (non-hydrogen) atoms. The van der Waals surface area contributed by atoms with Crippen LogP contribution >= 0.6 is 0 Å². The molecule has 0 aliphatic heterocycles. The molecule has 2 atom stereocenters. The summed E-state index contributed by atoms with van der Waals surface area (Å²) in [6, 6.07) is 6.87. The first-order valence-electron chi connectivity index (χ1n) is 7.25. The molecule has 116 valence electrons.